The third-order valence-electron chi connectivity index (χ3n) is 3.68. The van der Waals surface area contributed by atoms with Gasteiger partial charge in [0.2, 0.25) is 0 Å². The standard InChI is InChI=1S/C16H16N2O3S/c1-2-8-18-15(19)13(22-16(18)20)11-12-6-7-14(21-12)17-9-4-3-5-10-17/h1,6-7,11H,3-5,8-10H2/b13-11+. The van der Waals surface area contributed by atoms with Gasteiger partial charge >= 0.3 is 0 Å². The van der Waals surface area contributed by atoms with E-state index in [4.69, 9.17) is 10.8 Å². The lowest BCUT2D eigenvalue weighted by atomic mass is 10.1. The van der Waals surface area contributed by atoms with Crippen molar-refractivity contribution in [3.05, 3.63) is 22.8 Å². The molecule has 2 fully saturated rings. The molecule has 3 rings (SSSR count). The van der Waals surface area contributed by atoms with Crippen LogP contribution in [-0.2, 0) is 4.79 Å². The normalized spacial score (nSPS) is 20.8. The van der Waals surface area contributed by atoms with E-state index in [0.29, 0.717) is 10.7 Å². The SMILES string of the molecule is C#CCN1C(=O)S/C(=C/c2ccc(N3CCCCC3)o2)C1=O. The molecule has 6 heteroatoms. The van der Waals surface area contributed by atoms with Crippen molar-refractivity contribution in [2.45, 2.75) is 19.3 Å². The van der Waals surface area contributed by atoms with Crippen LogP contribution in [0.4, 0.5) is 10.7 Å². The van der Waals surface area contributed by atoms with E-state index in [1.54, 1.807) is 6.08 Å². The van der Waals surface area contributed by atoms with E-state index in [-0.39, 0.29) is 17.7 Å². The first kappa shape index (κ1) is 14.8. The molecule has 3 heterocycles. The highest BCUT2D eigenvalue weighted by Gasteiger charge is 2.34. The zero-order valence-electron chi connectivity index (χ0n) is 12.1. The maximum absolute atomic E-state index is 12.1. The number of hydrogen-bond donors (Lipinski definition) is 0. The van der Waals surface area contributed by atoms with Crippen LogP contribution in [0.15, 0.2) is 21.5 Å². The highest BCUT2D eigenvalue weighted by molar-refractivity contribution is 8.18. The molecule has 22 heavy (non-hydrogen) atoms. The molecule has 1 aromatic rings. The van der Waals surface area contributed by atoms with Crippen molar-refractivity contribution in [2.75, 3.05) is 24.5 Å². The molecule has 1 aromatic heterocycles. The molecule has 0 radical (unpaired) electrons. The van der Waals surface area contributed by atoms with Crippen molar-refractivity contribution in [3.63, 3.8) is 0 Å². The number of hydrogen-bond acceptors (Lipinski definition) is 5. The Balaban J connectivity index is 1.75. The molecule has 2 amide bonds. The third-order valence-corrected chi connectivity index (χ3v) is 4.58. The van der Waals surface area contributed by atoms with E-state index < -0.39 is 0 Å². The largest absolute Gasteiger partial charge is 0.441 e. The van der Waals surface area contributed by atoms with Gasteiger partial charge < -0.3 is 9.32 Å². The summed E-state index contributed by atoms with van der Waals surface area (Å²) in [6.07, 6.45) is 10.4. The van der Waals surface area contributed by atoms with Gasteiger partial charge in [0.1, 0.15) is 5.76 Å². The van der Waals surface area contributed by atoms with Gasteiger partial charge in [-0.25, -0.2) is 0 Å². The summed E-state index contributed by atoms with van der Waals surface area (Å²) < 4.78 is 5.78. The Bertz CT molecular complexity index is 665. The number of carbonyl (C=O) groups excluding carboxylic acids is 2. The molecule has 0 N–H and O–H groups in total. The van der Waals surface area contributed by atoms with Crippen LogP contribution >= 0.6 is 11.8 Å². The van der Waals surface area contributed by atoms with E-state index in [1.807, 2.05) is 12.1 Å². The number of thioether (sulfide) groups is 1. The van der Waals surface area contributed by atoms with E-state index in [9.17, 15) is 9.59 Å². The van der Waals surface area contributed by atoms with Crippen LogP contribution in [0.25, 0.3) is 6.08 Å². The van der Waals surface area contributed by atoms with Crippen LogP contribution in [0.1, 0.15) is 25.0 Å². The van der Waals surface area contributed by atoms with Gasteiger partial charge in [-0.3, -0.25) is 14.5 Å². The van der Waals surface area contributed by atoms with Gasteiger partial charge in [0, 0.05) is 25.2 Å². The highest BCUT2D eigenvalue weighted by Crippen LogP contribution is 2.33. The minimum absolute atomic E-state index is 0.000804. The van der Waals surface area contributed by atoms with E-state index in [2.05, 4.69) is 10.8 Å². The number of nitrogens with zero attached hydrogens (tertiary/aromatic N) is 2. The summed E-state index contributed by atoms with van der Waals surface area (Å²) in [6, 6.07) is 3.72. The molecule has 5 nitrogen and oxygen atoms in total. The summed E-state index contributed by atoms with van der Waals surface area (Å²) in [6.45, 7) is 1.98. The van der Waals surface area contributed by atoms with Crippen LogP contribution < -0.4 is 4.90 Å². The molecule has 0 aliphatic carbocycles. The molecule has 2 aliphatic rings. The molecule has 0 saturated carbocycles. The average Bonchev–Trinajstić information content (AvgIpc) is 3.09. The van der Waals surface area contributed by atoms with E-state index in [0.717, 1.165) is 35.6 Å². The Morgan fingerprint density at radius 3 is 2.77 bits per heavy atom. The molecule has 0 bridgehead atoms. The van der Waals surface area contributed by atoms with Crippen molar-refractivity contribution in [3.8, 4) is 12.3 Å². The number of amides is 2. The van der Waals surface area contributed by atoms with Crippen molar-refractivity contribution >= 4 is 34.9 Å². The minimum Gasteiger partial charge on any atom is -0.441 e. The molecule has 0 spiro atoms. The summed E-state index contributed by atoms with van der Waals surface area (Å²) in [4.78, 5) is 27.4. The topological polar surface area (TPSA) is 53.8 Å². The fourth-order valence-electron chi connectivity index (χ4n) is 2.56. The molecule has 0 aromatic carbocycles. The first-order valence-corrected chi connectivity index (χ1v) is 8.04. The number of piperidine rings is 1. The van der Waals surface area contributed by atoms with Gasteiger partial charge in [-0.2, -0.15) is 0 Å². The van der Waals surface area contributed by atoms with Crippen LogP contribution in [0.5, 0.6) is 0 Å². The Labute approximate surface area is 133 Å². The zero-order valence-corrected chi connectivity index (χ0v) is 12.9. The predicted octanol–water partition coefficient (Wildman–Crippen LogP) is 2.94. The molecule has 2 aliphatic heterocycles. The van der Waals surface area contributed by atoms with Crippen molar-refractivity contribution < 1.29 is 14.0 Å². The average molecular weight is 316 g/mol. The van der Waals surface area contributed by atoms with Crippen LogP contribution in [0.2, 0.25) is 0 Å². The van der Waals surface area contributed by atoms with Crippen LogP contribution in [0.3, 0.4) is 0 Å². The first-order valence-electron chi connectivity index (χ1n) is 7.22. The van der Waals surface area contributed by atoms with Gasteiger partial charge in [-0.15, -0.1) is 6.42 Å². The van der Waals surface area contributed by atoms with Crippen LogP contribution in [0, 0.1) is 12.3 Å². The van der Waals surface area contributed by atoms with Crippen molar-refractivity contribution in [1.29, 1.82) is 0 Å². The number of imide groups is 1. The van der Waals surface area contributed by atoms with E-state index >= 15 is 0 Å². The summed E-state index contributed by atoms with van der Waals surface area (Å²) in [5.74, 6) is 3.35. The predicted molar refractivity (Wildman–Crippen MR) is 86.3 cm³/mol. The maximum Gasteiger partial charge on any atom is 0.294 e. The molecular weight excluding hydrogens is 300 g/mol. The maximum atomic E-state index is 12.1. The lowest BCUT2D eigenvalue weighted by molar-refractivity contribution is -0.122. The lowest BCUT2D eigenvalue weighted by Crippen LogP contribution is -2.28. The third kappa shape index (κ3) is 2.90. The quantitative estimate of drug-likeness (QED) is 0.634. The molecule has 114 valence electrons. The smallest absolute Gasteiger partial charge is 0.294 e. The second kappa shape index (κ2) is 6.32. The number of terminal acetylenes is 1. The Hall–Kier alpha value is -2.13. The fourth-order valence-corrected chi connectivity index (χ4v) is 3.38. The van der Waals surface area contributed by atoms with Crippen molar-refractivity contribution in [2.24, 2.45) is 0 Å². The van der Waals surface area contributed by atoms with Crippen molar-refractivity contribution in [1.82, 2.24) is 4.90 Å². The minimum atomic E-state index is -0.358. The Morgan fingerprint density at radius 2 is 2.05 bits per heavy atom. The first-order chi connectivity index (χ1) is 10.7. The fraction of sp³-hybridized carbons (Fsp3) is 0.375. The second-order valence-corrected chi connectivity index (χ2v) is 6.19. The van der Waals surface area contributed by atoms with Gasteiger partial charge in [-0.05, 0) is 37.1 Å². The molecule has 0 unspecified atom stereocenters. The number of rotatable bonds is 3. The summed E-state index contributed by atoms with van der Waals surface area (Å²) in [5, 5.41) is -0.336. The van der Waals surface area contributed by atoms with Gasteiger partial charge in [0.25, 0.3) is 11.1 Å². The van der Waals surface area contributed by atoms with Gasteiger partial charge in [-0.1, -0.05) is 5.92 Å². The second-order valence-electron chi connectivity index (χ2n) is 5.20. The monoisotopic (exact) mass is 316 g/mol. The Morgan fingerprint density at radius 1 is 1.27 bits per heavy atom. The van der Waals surface area contributed by atoms with Crippen LogP contribution in [-0.4, -0.2) is 35.7 Å². The Kier molecular flexibility index (Phi) is 4.25. The highest BCUT2D eigenvalue weighted by atomic mass is 32.2. The molecule has 0 atom stereocenters. The number of furan rings is 1. The molecular formula is C16H16N2O3S. The van der Waals surface area contributed by atoms with Gasteiger partial charge in [0.15, 0.2) is 5.88 Å². The zero-order chi connectivity index (χ0) is 15.5. The summed E-state index contributed by atoms with van der Waals surface area (Å²) in [5.41, 5.74) is 0. The summed E-state index contributed by atoms with van der Waals surface area (Å²) >= 11 is 0.891. The van der Waals surface area contributed by atoms with E-state index in [1.165, 1.54) is 19.3 Å². The lowest BCUT2D eigenvalue weighted by Gasteiger charge is -2.25. The van der Waals surface area contributed by atoms with Gasteiger partial charge in [0.05, 0.1) is 11.4 Å². The molecule has 2 saturated heterocycles. The number of anilines is 1. The number of carbonyl (C=O) groups is 2. The summed E-state index contributed by atoms with van der Waals surface area (Å²) in [7, 11) is 0.